The fourth-order valence-corrected chi connectivity index (χ4v) is 3.82. The quantitative estimate of drug-likeness (QED) is 0.659. The van der Waals surface area contributed by atoms with E-state index in [1.807, 2.05) is 0 Å². The van der Waals surface area contributed by atoms with E-state index in [0.29, 0.717) is 12.1 Å². The average Bonchev–Trinajstić information content (AvgIpc) is 2.88. The first-order valence-electron chi connectivity index (χ1n) is 7.47. The van der Waals surface area contributed by atoms with E-state index in [9.17, 15) is 0 Å². The second-order valence-corrected chi connectivity index (χ2v) is 7.44. The SMILES string of the molecule is CCC(NC1CCc2cc(Br)ccc21)c1ccc(Br)cc1. The zero-order chi connectivity index (χ0) is 14.8. The molecule has 3 heteroatoms. The van der Waals surface area contributed by atoms with Gasteiger partial charge in [-0.15, -0.1) is 0 Å². The third kappa shape index (κ3) is 3.41. The zero-order valence-electron chi connectivity index (χ0n) is 12.1. The average molecular weight is 409 g/mol. The molecule has 21 heavy (non-hydrogen) atoms. The Morgan fingerprint density at radius 2 is 1.81 bits per heavy atom. The summed E-state index contributed by atoms with van der Waals surface area (Å²) in [6.07, 6.45) is 3.46. The molecule has 0 radical (unpaired) electrons. The van der Waals surface area contributed by atoms with Crippen LogP contribution in [0.4, 0.5) is 0 Å². The molecule has 0 bridgehead atoms. The number of fused-ring (bicyclic) bond motifs is 1. The normalized spacial score (nSPS) is 18.5. The predicted molar refractivity (Wildman–Crippen MR) is 95.5 cm³/mol. The van der Waals surface area contributed by atoms with E-state index in [2.05, 4.69) is 86.6 Å². The number of benzene rings is 2. The van der Waals surface area contributed by atoms with Gasteiger partial charge in [0.1, 0.15) is 0 Å². The number of aryl methyl sites for hydroxylation is 1. The lowest BCUT2D eigenvalue weighted by Crippen LogP contribution is -2.24. The van der Waals surface area contributed by atoms with E-state index in [0.717, 1.165) is 10.9 Å². The van der Waals surface area contributed by atoms with Gasteiger partial charge in [-0.2, -0.15) is 0 Å². The van der Waals surface area contributed by atoms with Gasteiger partial charge in [0.25, 0.3) is 0 Å². The van der Waals surface area contributed by atoms with Gasteiger partial charge in [-0.05, 0) is 60.2 Å². The maximum Gasteiger partial charge on any atom is 0.0331 e. The molecule has 1 aliphatic rings. The minimum absolute atomic E-state index is 0.415. The summed E-state index contributed by atoms with van der Waals surface area (Å²) in [6, 6.07) is 16.2. The van der Waals surface area contributed by atoms with Crippen LogP contribution < -0.4 is 5.32 Å². The molecule has 0 spiro atoms. The Hall–Kier alpha value is -0.640. The molecule has 1 aliphatic carbocycles. The topological polar surface area (TPSA) is 12.0 Å². The van der Waals surface area contributed by atoms with Gasteiger partial charge in [0, 0.05) is 21.0 Å². The smallest absolute Gasteiger partial charge is 0.0331 e. The van der Waals surface area contributed by atoms with Gasteiger partial charge < -0.3 is 5.32 Å². The molecule has 110 valence electrons. The number of nitrogens with one attached hydrogen (secondary N) is 1. The highest BCUT2D eigenvalue weighted by atomic mass is 79.9. The molecule has 3 rings (SSSR count). The summed E-state index contributed by atoms with van der Waals surface area (Å²) in [6.45, 7) is 2.25. The summed E-state index contributed by atoms with van der Waals surface area (Å²) in [5, 5.41) is 3.85. The molecule has 1 N–H and O–H groups in total. The summed E-state index contributed by atoms with van der Waals surface area (Å²) in [7, 11) is 0. The second-order valence-electron chi connectivity index (χ2n) is 5.61. The molecule has 1 nitrogen and oxygen atoms in total. The van der Waals surface area contributed by atoms with Gasteiger partial charge in [-0.3, -0.25) is 0 Å². The van der Waals surface area contributed by atoms with Crippen molar-refractivity contribution in [2.75, 3.05) is 0 Å². The maximum atomic E-state index is 3.85. The summed E-state index contributed by atoms with van der Waals surface area (Å²) in [4.78, 5) is 0. The Bertz CT molecular complexity index is 622. The summed E-state index contributed by atoms with van der Waals surface area (Å²) >= 11 is 7.08. The zero-order valence-corrected chi connectivity index (χ0v) is 15.2. The van der Waals surface area contributed by atoms with Gasteiger partial charge in [0.2, 0.25) is 0 Å². The van der Waals surface area contributed by atoms with Crippen molar-refractivity contribution in [2.24, 2.45) is 0 Å². The lowest BCUT2D eigenvalue weighted by molar-refractivity contribution is 0.433. The van der Waals surface area contributed by atoms with E-state index in [1.165, 1.54) is 34.0 Å². The Morgan fingerprint density at radius 1 is 1.10 bits per heavy atom. The lowest BCUT2D eigenvalue weighted by atomic mass is 10.0. The maximum absolute atomic E-state index is 3.85. The minimum atomic E-state index is 0.415. The van der Waals surface area contributed by atoms with Crippen molar-refractivity contribution in [1.29, 1.82) is 0 Å². The second kappa shape index (κ2) is 6.64. The van der Waals surface area contributed by atoms with Gasteiger partial charge in [0.05, 0.1) is 0 Å². The molecule has 2 unspecified atom stereocenters. The third-order valence-corrected chi connectivity index (χ3v) is 5.29. The lowest BCUT2D eigenvalue weighted by Gasteiger charge is -2.23. The number of hydrogen-bond acceptors (Lipinski definition) is 1. The molecule has 2 atom stereocenters. The largest absolute Gasteiger partial charge is 0.303 e. The van der Waals surface area contributed by atoms with Crippen LogP contribution >= 0.6 is 31.9 Å². The summed E-state index contributed by atoms with van der Waals surface area (Å²) in [5.41, 5.74) is 4.31. The molecule has 0 fully saturated rings. The van der Waals surface area contributed by atoms with Crippen LogP contribution in [0.15, 0.2) is 51.4 Å². The van der Waals surface area contributed by atoms with Crippen LogP contribution in [0.25, 0.3) is 0 Å². The van der Waals surface area contributed by atoms with Crippen LogP contribution in [0, 0.1) is 0 Å². The van der Waals surface area contributed by atoms with Crippen molar-refractivity contribution < 1.29 is 0 Å². The molecular weight excluding hydrogens is 390 g/mol. The van der Waals surface area contributed by atoms with Gasteiger partial charge in [0.15, 0.2) is 0 Å². The van der Waals surface area contributed by atoms with Crippen LogP contribution in [0.5, 0.6) is 0 Å². The first-order valence-corrected chi connectivity index (χ1v) is 9.06. The molecule has 2 aromatic rings. The van der Waals surface area contributed by atoms with Crippen LogP contribution in [-0.2, 0) is 6.42 Å². The first-order chi connectivity index (χ1) is 10.2. The fourth-order valence-electron chi connectivity index (χ4n) is 3.15. The van der Waals surface area contributed by atoms with Gasteiger partial charge in [-0.1, -0.05) is 57.0 Å². The number of rotatable bonds is 4. The number of halogens is 2. The molecule has 0 heterocycles. The Labute approximate surface area is 143 Å². The van der Waals surface area contributed by atoms with Crippen molar-refractivity contribution in [2.45, 2.75) is 38.3 Å². The first kappa shape index (κ1) is 15.3. The van der Waals surface area contributed by atoms with Crippen LogP contribution in [0.1, 0.15) is 48.5 Å². The molecule has 2 aromatic carbocycles. The van der Waals surface area contributed by atoms with E-state index in [-0.39, 0.29) is 0 Å². The molecular formula is C18H19Br2N. The Balaban J connectivity index is 1.78. The van der Waals surface area contributed by atoms with Gasteiger partial charge in [-0.25, -0.2) is 0 Å². The van der Waals surface area contributed by atoms with E-state index >= 15 is 0 Å². The van der Waals surface area contributed by atoms with Crippen molar-refractivity contribution in [3.05, 3.63) is 68.1 Å². The van der Waals surface area contributed by atoms with Crippen molar-refractivity contribution in [3.8, 4) is 0 Å². The monoisotopic (exact) mass is 407 g/mol. The predicted octanol–water partition coefficient (Wildman–Crippen LogP) is 5.94. The van der Waals surface area contributed by atoms with Crippen molar-refractivity contribution in [3.63, 3.8) is 0 Å². The highest BCUT2D eigenvalue weighted by molar-refractivity contribution is 9.10. The molecule has 0 saturated heterocycles. The van der Waals surface area contributed by atoms with Crippen LogP contribution in [0.2, 0.25) is 0 Å². The summed E-state index contributed by atoms with van der Waals surface area (Å²) in [5.74, 6) is 0. The third-order valence-electron chi connectivity index (χ3n) is 4.27. The van der Waals surface area contributed by atoms with Crippen LogP contribution in [-0.4, -0.2) is 0 Å². The molecule has 0 amide bonds. The Morgan fingerprint density at radius 3 is 2.52 bits per heavy atom. The molecule has 0 saturated carbocycles. The van der Waals surface area contributed by atoms with E-state index < -0.39 is 0 Å². The number of hydrogen-bond donors (Lipinski definition) is 1. The van der Waals surface area contributed by atoms with Gasteiger partial charge >= 0.3 is 0 Å². The fraction of sp³-hybridized carbons (Fsp3) is 0.333. The molecule has 0 aliphatic heterocycles. The van der Waals surface area contributed by atoms with E-state index in [4.69, 9.17) is 0 Å². The van der Waals surface area contributed by atoms with Crippen LogP contribution in [0.3, 0.4) is 0 Å². The highest BCUT2D eigenvalue weighted by Crippen LogP contribution is 2.35. The Kier molecular flexibility index (Phi) is 4.82. The van der Waals surface area contributed by atoms with Crippen molar-refractivity contribution >= 4 is 31.9 Å². The molecule has 0 aromatic heterocycles. The summed E-state index contributed by atoms with van der Waals surface area (Å²) < 4.78 is 2.32. The van der Waals surface area contributed by atoms with E-state index in [1.54, 1.807) is 0 Å². The highest BCUT2D eigenvalue weighted by Gasteiger charge is 2.24. The minimum Gasteiger partial charge on any atom is -0.303 e. The van der Waals surface area contributed by atoms with Crippen molar-refractivity contribution in [1.82, 2.24) is 5.32 Å². The standard InChI is InChI=1S/C18H19Br2N/c1-2-17(12-3-6-14(19)7-4-12)21-18-10-5-13-11-15(20)8-9-16(13)18/h3-4,6-9,11,17-18,21H,2,5,10H2,1H3.